The highest BCUT2D eigenvalue weighted by Gasteiger charge is 2.09. The van der Waals surface area contributed by atoms with Gasteiger partial charge in [-0.3, -0.25) is 4.79 Å². The minimum absolute atomic E-state index is 0.139. The molecule has 0 aromatic heterocycles. The molecule has 17 heavy (non-hydrogen) atoms. The zero-order valence-electron chi connectivity index (χ0n) is 10.1. The molecule has 0 radical (unpaired) electrons. The molecule has 5 heteroatoms. The van der Waals surface area contributed by atoms with Crippen molar-refractivity contribution in [2.45, 2.75) is 20.0 Å². The van der Waals surface area contributed by atoms with Gasteiger partial charge in [-0.2, -0.15) is 0 Å². The van der Waals surface area contributed by atoms with Gasteiger partial charge in [-0.05, 0) is 32.0 Å². The molecule has 1 aromatic carbocycles. The molecule has 1 amide bonds. The average Bonchev–Trinajstić information content (AvgIpc) is 2.29. The van der Waals surface area contributed by atoms with Crippen LogP contribution in [0.4, 0.5) is 5.69 Å². The second kappa shape index (κ2) is 6.10. The van der Waals surface area contributed by atoms with E-state index in [0.717, 1.165) is 0 Å². The number of primary amides is 1. The second-order valence-corrected chi connectivity index (χ2v) is 3.70. The second-order valence-electron chi connectivity index (χ2n) is 3.70. The fraction of sp³-hybridized carbons (Fsp3) is 0.417. The SMILES string of the molecule is CCOCC(C)Oc1cc(C(N)=O)ccc1N. The fourth-order valence-electron chi connectivity index (χ4n) is 1.32. The summed E-state index contributed by atoms with van der Waals surface area (Å²) in [4.78, 5) is 11.0. The highest BCUT2D eigenvalue weighted by molar-refractivity contribution is 5.93. The Kier molecular flexibility index (Phi) is 4.78. The van der Waals surface area contributed by atoms with Crippen LogP contribution in [-0.4, -0.2) is 25.2 Å². The van der Waals surface area contributed by atoms with Gasteiger partial charge in [0, 0.05) is 12.2 Å². The van der Waals surface area contributed by atoms with Crippen LogP contribution in [0, 0.1) is 0 Å². The molecule has 1 aromatic rings. The molecule has 5 nitrogen and oxygen atoms in total. The summed E-state index contributed by atoms with van der Waals surface area (Å²) in [5.74, 6) is -0.0548. The lowest BCUT2D eigenvalue weighted by Gasteiger charge is -2.16. The predicted molar refractivity (Wildman–Crippen MR) is 66.0 cm³/mol. The largest absolute Gasteiger partial charge is 0.486 e. The first-order valence-electron chi connectivity index (χ1n) is 5.48. The monoisotopic (exact) mass is 238 g/mol. The van der Waals surface area contributed by atoms with Gasteiger partial charge in [-0.25, -0.2) is 0 Å². The standard InChI is InChI=1S/C12H18N2O3/c1-3-16-7-8(2)17-11-6-9(12(14)15)4-5-10(11)13/h4-6,8H,3,7,13H2,1-2H3,(H2,14,15). The molecule has 0 fully saturated rings. The number of hydrogen-bond donors (Lipinski definition) is 2. The van der Waals surface area contributed by atoms with E-state index in [2.05, 4.69) is 0 Å². The maximum absolute atomic E-state index is 11.0. The Morgan fingerprint density at radius 1 is 1.47 bits per heavy atom. The van der Waals surface area contributed by atoms with Gasteiger partial charge in [0.05, 0.1) is 12.3 Å². The van der Waals surface area contributed by atoms with Crippen molar-refractivity contribution < 1.29 is 14.3 Å². The van der Waals surface area contributed by atoms with E-state index in [9.17, 15) is 4.79 Å². The molecule has 0 aliphatic carbocycles. The van der Waals surface area contributed by atoms with E-state index in [0.29, 0.717) is 30.2 Å². The molecule has 0 spiro atoms. The van der Waals surface area contributed by atoms with Gasteiger partial charge in [0.2, 0.25) is 5.91 Å². The van der Waals surface area contributed by atoms with Crippen LogP contribution >= 0.6 is 0 Å². The van der Waals surface area contributed by atoms with Crippen LogP contribution in [0.2, 0.25) is 0 Å². The number of nitrogens with two attached hydrogens (primary N) is 2. The Morgan fingerprint density at radius 2 is 2.18 bits per heavy atom. The summed E-state index contributed by atoms with van der Waals surface area (Å²) in [7, 11) is 0. The van der Waals surface area contributed by atoms with E-state index < -0.39 is 5.91 Å². The molecule has 4 N–H and O–H groups in total. The van der Waals surface area contributed by atoms with Crippen molar-refractivity contribution in [2.75, 3.05) is 18.9 Å². The van der Waals surface area contributed by atoms with Gasteiger partial charge in [0.15, 0.2) is 0 Å². The quantitative estimate of drug-likeness (QED) is 0.728. The van der Waals surface area contributed by atoms with E-state index in [1.807, 2.05) is 13.8 Å². The van der Waals surface area contributed by atoms with Crippen LogP contribution in [0.15, 0.2) is 18.2 Å². The molecular formula is C12H18N2O3. The van der Waals surface area contributed by atoms with E-state index in [-0.39, 0.29) is 6.10 Å². The number of benzene rings is 1. The Bertz CT molecular complexity index is 393. The topological polar surface area (TPSA) is 87.6 Å². The number of anilines is 1. The van der Waals surface area contributed by atoms with Crippen molar-refractivity contribution in [2.24, 2.45) is 5.73 Å². The van der Waals surface area contributed by atoms with Gasteiger partial charge < -0.3 is 20.9 Å². The molecule has 1 atom stereocenters. The number of amides is 1. The highest BCUT2D eigenvalue weighted by atomic mass is 16.5. The molecule has 0 saturated carbocycles. The van der Waals surface area contributed by atoms with Crippen LogP contribution in [0.25, 0.3) is 0 Å². The van der Waals surface area contributed by atoms with Crippen molar-refractivity contribution >= 4 is 11.6 Å². The Labute approximate surface area is 101 Å². The fourth-order valence-corrected chi connectivity index (χ4v) is 1.32. The van der Waals surface area contributed by atoms with Gasteiger partial charge in [-0.15, -0.1) is 0 Å². The Balaban J connectivity index is 2.75. The number of carbonyl (C=O) groups excluding carboxylic acids is 1. The van der Waals surface area contributed by atoms with Crippen molar-refractivity contribution in [3.8, 4) is 5.75 Å². The summed E-state index contributed by atoms with van der Waals surface area (Å²) in [5, 5.41) is 0. The number of hydrogen-bond acceptors (Lipinski definition) is 4. The number of ether oxygens (including phenoxy) is 2. The van der Waals surface area contributed by atoms with Gasteiger partial charge >= 0.3 is 0 Å². The molecule has 0 bridgehead atoms. The van der Waals surface area contributed by atoms with Gasteiger partial charge in [0.1, 0.15) is 11.9 Å². The minimum Gasteiger partial charge on any atom is -0.486 e. The number of rotatable bonds is 6. The summed E-state index contributed by atoms with van der Waals surface area (Å²) in [5.41, 5.74) is 11.8. The molecule has 0 aliphatic heterocycles. The van der Waals surface area contributed by atoms with E-state index in [1.54, 1.807) is 18.2 Å². The Hall–Kier alpha value is -1.75. The smallest absolute Gasteiger partial charge is 0.248 e. The normalized spacial score (nSPS) is 12.1. The van der Waals surface area contributed by atoms with Crippen molar-refractivity contribution in [1.82, 2.24) is 0 Å². The Morgan fingerprint density at radius 3 is 2.76 bits per heavy atom. The predicted octanol–water partition coefficient (Wildman–Crippen LogP) is 1.17. The van der Waals surface area contributed by atoms with Crippen LogP contribution in [-0.2, 0) is 4.74 Å². The molecule has 94 valence electrons. The van der Waals surface area contributed by atoms with Crippen molar-refractivity contribution in [3.05, 3.63) is 23.8 Å². The molecule has 0 heterocycles. The molecular weight excluding hydrogens is 220 g/mol. The van der Waals surface area contributed by atoms with Crippen LogP contribution < -0.4 is 16.2 Å². The lowest BCUT2D eigenvalue weighted by atomic mass is 10.2. The third-order valence-corrected chi connectivity index (χ3v) is 2.18. The molecule has 1 unspecified atom stereocenters. The third kappa shape index (κ3) is 3.96. The summed E-state index contributed by atoms with van der Waals surface area (Å²) in [6.45, 7) is 4.88. The summed E-state index contributed by atoms with van der Waals surface area (Å²) >= 11 is 0. The first-order chi connectivity index (χ1) is 8.04. The molecule has 0 aliphatic rings. The van der Waals surface area contributed by atoms with Crippen LogP contribution in [0.1, 0.15) is 24.2 Å². The van der Waals surface area contributed by atoms with E-state index >= 15 is 0 Å². The van der Waals surface area contributed by atoms with E-state index in [1.165, 1.54) is 0 Å². The number of carbonyl (C=O) groups is 1. The molecule has 0 saturated heterocycles. The first kappa shape index (κ1) is 13.3. The summed E-state index contributed by atoms with van der Waals surface area (Å²) in [6, 6.07) is 4.71. The molecule has 1 rings (SSSR count). The lowest BCUT2D eigenvalue weighted by molar-refractivity contribution is 0.0660. The van der Waals surface area contributed by atoms with E-state index in [4.69, 9.17) is 20.9 Å². The number of nitrogen functional groups attached to an aromatic ring is 1. The average molecular weight is 238 g/mol. The van der Waals surface area contributed by atoms with Crippen LogP contribution in [0.3, 0.4) is 0 Å². The summed E-state index contributed by atoms with van der Waals surface area (Å²) < 4.78 is 10.8. The maximum atomic E-state index is 11.0. The third-order valence-electron chi connectivity index (χ3n) is 2.18. The maximum Gasteiger partial charge on any atom is 0.248 e. The highest BCUT2D eigenvalue weighted by Crippen LogP contribution is 2.23. The van der Waals surface area contributed by atoms with Crippen LogP contribution in [0.5, 0.6) is 5.75 Å². The lowest BCUT2D eigenvalue weighted by Crippen LogP contribution is -2.20. The summed E-state index contributed by atoms with van der Waals surface area (Å²) in [6.07, 6.45) is -0.139. The van der Waals surface area contributed by atoms with Crippen molar-refractivity contribution in [3.63, 3.8) is 0 Å². The van der Waals surface area contributed by atoms with Gasteiger partial charge in [0.25, 0.3) is 0 Å². The zero-order chi connectivity index (χ0) is 12.8. The van der Waals surface area contributed by atoms with Gasteiger partial charge in [-0.1, -0.05) is 0 Å². The first-order valence-corrected chi connectivity index (χ1v) is 5.48. The zero-order valence-corrected chi connectivity index (χ0v) is 10.1. The minimum atomic E-state index is -0.507. The van der Waals surface area contributed by atoms with Crippen molar-refractivity contribution in [1.29, 1.82) is 0 Å².